The van der Waals surface area contributed by atoms with Crippen LogP contribution in [0, 0.1) is 24.0 Å². The monoisotopic (exact) mass is 205 g/mol. The average molecular weight is 205 g/mol. The van der Waals surface area contributed by atoms with Gasteiger partial charge in [-0.05, 0) is 19.4 Å². The van der Waals surface area contributed by atoms with Gasteiger partial charge in [0.2, 0.25) is 0 Å². The highest BCUT2D eigenvalue weighted by atomic mass is 16.6. The van der Waals surface area contributed by atoms with E-state index in [-0.39, 0.29) is 10.6 Å². The van der Waals surface area contributed by atoms with Crippen molar-refractivity contribution < 1.29 is 4.92 Å². The molecule has 0 atom stereocenters. The second-order valence-electron chi connectivity index (χ2n) is 3.65. The van der Waals surface area contributed by atoms with Crippen LogP contribution in [0.3, 0.4) is 0 Å². The fraction of sp³-hybridized carbons (Fsp3) is 0.300. The molecule has 1 heterocycles. The Labute approximate surface area is 86.5 Å². The molecule has 0 spiro atoms. The molecule has 2 aromatic rings. The van der Waals surface area contributed by atoms with E-state index < -0.39 is 0 Å². The Morgan fingerprint density at radius 1 is 1.47 bits per heavy atom. The van der Waals surface area contributed by atoms with Crippen molar-refractivity contribution in [2.75, 3.05) is 0 Å². The SMILES string of the molecule is Cc1cc([N+](=O)[O-])c(C)c2c1ncn2C. The van der Waals surface area contributed by atoms with Gasteiger partial charge in [-0.25, -0.2) is 4.98 Å². The van der Waals surface area contributed by atoms with Crippen molar-refractivity contribution in [3.8, 4) is 0 Å². The number of aryl methyl sites for hydroxylation is 3. The zero-order chi connectivity index (χ0) is 11.2. The number of imidazole rings is 1. The summed E-state index contributed by atoms with van der Waals surface area (Å²) in [7, 11) is 1.84. The van der Waals surface area contributed by atoms with Gasteiger partial charge in [0.05, 0.1) is 27.8 Å². The van der Waals surface area contributed by atoms with Crippen molar-refractivity contribution in [1.29, 1.82) is 0 Å². The maximum atomic E-state index is 10.8. The lowest BCUT2D eigenvalue weighted by molar-refractivity contribution is -0.385. The van der Waals surface area contributed by atoms with E-state index in [4.69, 9.17) is 0 Å². The Morgan fingerprint density at radius 2 is 2.13 bits per heavy atom. The van der Waals surface area contributed by atoms with Gasteiger partial charge in [0, 0.05) is 13.1 Å². The molecule has 15 heavy (non-hydrogen) atoms. The summed E-state index contributed by atoms with van der Waals surface area (Å²) in [5.41, 5.74) is 3.33. The van der Waals surface area contributed by atoms with Crippen LogP contribution in [-0.4, -0.2) is 14.5 Å². The maximum absolute atomic E-state index is 10.8. The van der Waals surface area contributed by atoms with Crippen molar-refractivity contribution in [1.82, 2.24) is 9.55 Å². The molecule has 1 aromatic heterocycles. The summed E-state index contributed by atoms with van der Waals surface area (Å²) >= 11 is 0. The van der Waals surface area contributed by atoms with E-state index in [9.17, 15) is 10.1 Å². The molecular formula is C10H11N3O2. The Morgan fingerprint density at radius 3 is 2.73 bits per heavy atom. The van der Waals surface area contributed by atoms with Gasteiger partial charge in [0.1, 0.15) is 0 Å². The molecular weight excluding hydrogens is 194 g/mol. The van der Waals surface area contributed by atoms with Crippen LogP contribution >= 0.6 is 0 Å². The van der Waals surface area contributed by atoms with Crippen LogP contribution in [0.1, 0.15) is 11.1 Å². The smallest absolute Gasteiger partial charge is 0.274 e. The summed E-state index contributed by atoms with van der Waals surface area (Å²) < 4.78 is 1.81. The van der Waals surface area contributed by atoms with Crippen LogP contribution in [0.2, 0.25) is 0 Å². The molecule has 0 bridgehead atoms. The Bertz CT molecular complexity index is 557. The summed E-state index contributed by atoms with van der Waals surface area (Å²) in [5.74, 6) is 0. The first-order valence-corrected chi connectivity index (χ1v) is 4.58. The minimum atomic E-state index is -0.352. The lowest BCUT2D eigenvalue weighted by Crippen LogP contribution is -1.96. The topological polar surface area (TPSA) is 61.0 Å². The Hall–Kier alpha value is -1.91. The molecule has 1 aromatic carbocycles. The standard InChI is InChI=1S/C10H11N3O2/c1-6-4-8(13(14)15)7(2)10-9(6)11-5-12(10)3/h4-5H,1-3H3. The Balaban J connectivity index is 2.94. The first-order valence-electron chi connectivity index (χ1n) is 4.58. The third-order valence-corrected chi connectivity index (χ3v) is 2.60. The molecule has 0 aliphatic heterocycles. The van der Waals surface area contributed by atoms with Gasteiger partial charge < -0.3 is 4.57 Å². The molecule has 0 N–H and O–H groups in total. The number of nitro benzene ring substituents is 1. The fourth-order valence-electron chi connectivity index (χ4n) is 1.85. The number of fused-ring (bicyclic) bond motifs is 1. The van der Waals surface area contributed by atoms with Gasteiger partial charge in [0.15, 0.2) is 0 Å². The molecule has 0 saturated carbocycles. The molecule has 78 valence electrons. The van der Waals surface area contributed by atoms with E-state index in [1.165, 1.54) is 0 Å². The zero-order valence-corrected chi connectivity index (χ0v) is 8.81. The van der Waals surface area contributed by atoms with E-state index in [1.807, 2.05) is 18.5 Å². The third kappa shape index (κ3) is 1.27. The third-order valence-electron chi connectivity index (χ3n) is 2.60. The highest BCUT2D eigenvalue weighted by Gasteiger charge is 2.17. The van der Waals surface area contributed by atoms with E-state index in [0.717, 1.165) is 16.6 Å². The van der Waals surface area contributed by atoms with Gasteiger partial charge in [-0.1, -0.05) is 0 Å². The summed E-state index contributed by atoms with van der Waals surface area (Å²) in [4.78, 5) is 14.7. The molecule has 5 heteroatoms. The molecule has 0 amide bonds. The highest BCUT2D eigenvalue weighted by Crippen LogP contribution is 2.28. The predicted octanol–water partition coefficient (Wildman–Crippen LogP) is 2.10. The molecule has 5 nitrogen and oxygen atoms in total. The van der Waals surface area contributed by atoms with Crippen LogP contribution in [-0.2, 0) is 7.05 Å². The van der Waals surface area contributed by atoms with Gasteiger partial charge in [-0.3, -0.25) is 10.1 Å². The molecule has 0 radical (unpaired) electrons. The summed E-state index contributed by atoms with van der Waals surface area (Å²) in [6, 6.07) is 1.57. The minimum absolute atomic E-state index is 0.156. The number of benzene rings is 1. The number of hydrogen-bond acceptors (Lipinski definition) is 3. The van der Waals surface area contributed by atoms with E-state index >= 15 is 0 Å². The number of nitrogens with zero attached hydrogens (tertiary/aromatic N) is 3. The van der Waals surface area contributed by atoms with Crippen LogP contribution < -0.4 is 0 Å². The number of nitro groups is 1. The first kappa shape index (κ1) is 9.64. The van der Waals surface area contributed by atoms with Crippen molar-refractivity contribution in [2.45, 2.75) is 13.8 Å². The second-order valence-corrected chi connectivity index (χ2v) is 3.65. The molecule has 2 rings (SSSR count). The van der Waals surface area contributed by atoms with Crippen LogP contribution in [0.5, 0.6) is 0 Å². The van der Waals surface area contributed by atoms with Gasteiger partial charge in [-0.2, -0.15) is 0 Å². The van der Waals surface area contributed by atoms with Crippen molar-refractivity contribution >= 4 is 16.7 Å². The lowest BCUT2D eigenvalue weighted by atomic mass is 10.1. The summed E-state index contributed by atoms with van der Waals surface area (Å²) in [5, 5.41) is 10.8. The largest absolute Gasteiger partial charge is 0.333 e. The number of rotatable bonds is 1. The van der Waals surface area contributed by atoms with Gasteiger partial charge in [-0.15, -0.1) is 0 Å². The van der Waals surface area contributed by atoms with Crippen LogP contribution in [0.15, 0.2) is 12.4 Å². The van der Waals surface area contributed by atoms with E-state index in [0.29, 0.717) is 5.56 Å². The molecule has 0 saturated heterocycles. The van der Waals surface area contributed by atoms with Crippen molar-refractivity contribution in [2.24, 2.45) is 7.05 Å². The average Bonchev–Trinajstić information content (AvgIpc) is 2.54. The zero-order valence-electron chi connectivity index (χ0n) is 8.81. The molecule has 0 aliphatic carbocycles. The summed E-state index contributed by atoms with van der Waals surface area (Å²) in [6.45, 7) is 3.59. The molecule has 0 unspecified atom stereocenters. The van der Waals surface area contributed by atoms with E-state index in [2.05, 4.69) is 4.98 Å². The van der Waals surface area contributed by atoms with Gasteiger partial charge >= 0.3 is 0 Å². The first-order chi connectivity index (χ1) is 7.02. The number of aromatic nitrogens is 2. The second kappa shape index (κ2) is 3.05. The molecule has 0 fully saturated rings. The quantitative estimate of drug-likeness (QED) is 0.529. The lowest BCUT2D eigenvalue weighted by Gasteiger charge is -2.03. The van der Waals surface area contributed by atoms with Gasteiger partial charge in [0.25, 0.3) is 5.69 Å². The van der Waals surface area contributed by atoms with Crippen molar-refractivity contribution in [3.05, 3.63) is 33.6 Å². The molecule has 0 aliphatic rings. The minimum Gasteiger partial charge on any atom is -0.333 e. The predicted molar refractivity (Wildman–Crippen MR) is 56.8 cm³/mol. The van der Waals surface area contributed by atoms with Crippen LogP contribution in [0.25, 0.3) is 11.0 Å². The normalized spacial score (nSPS) is 10.9. The fourth-order valence-corrected chi connectivity index (χ4v) is 1.85. The highest BCUT2D eigenvalue weighted by molar-refractivity contribution is 5.85. The number of hydrogen-bond donors (Lipinski definition) is 0. The van der Waals surface area contributed by atoms with E-state index in [1.54, 1.807) is 19.3 Å². The summed E-state index contributed by atoms with van der Waals surface area (Å²) in [6.07, 6.45) is 1.67. The maximum Gasteiger partial charge on any atom is 0.274 e. The van der Waals surface area contributed by atoms with Crippen molar-refractivity contribution in [3.63, 3.8) is 0 Å². The Kier molecular flexibility index (Phi) is 1.96. The van der Waals surface area contributed by atoms with Crippen LogP contribution in [0.4, 0.5) is 5.69 Å².